The molecular weight excluding hydrogens is 404 g/mol. The van der Waals surface area contributed by atoms with Crippen molar-refractivity contribution in [2.24, 2.45) is 0 Å². The second-order valence-electron chi connectivity index (χ2n) is 6.18. The summed E-state index contributed by atoms with van der Waals surface area (Å²) in [6.07, 6.45) is 0. The van der Waals surface area contributed by atoms with Crippen LogP contribution in [-0.2, 0) is 16.1 Å². The van der Waals surface area contributed by atoms with Crippen LogP contribution in [0.5, 0.6) is 0 Å². The number of carbonyl (C=O) groups excluding carboxylic acids is 2. The lowest BCUT2D eigenvalue weighted by Crippen LogP contribution is -2.30. The number of nitrogens with one attached hydrogen (secondary N) is 1. The molecule has 0 aliphatic heterocycles. The average Bonchev–Trinajstić information content (AvgIpc) is 2.97. The van der Waals surface area contributed by atoms with Gasteiger partial charge in [0.15, 0.2) is 0 Å². The highest BCUT2D eigenvalue weighted by atomic mass is 32.1. The molecule has 1 aromatic carbocycles. The van der Waals surface area contributed by atoms with Gasteiger partial charge in [-0.1, -0.05) is 0 Å². The summed E-state index contributed by atoms with van der Waals surface area (Å²) < 4.78 is 32.9. The maximum Gasteiger partial charge on any atom is 0.348 e. The predicted octanol–water partition coefficient (Wildman–Crippen LogP) is 3.17. The third-order valence-electron chi connectivity index (χ3n) is 4.21. The summed E-state index contributed by atoms with van der Waals surface area (Å²) in [6, 6.07) is 2.75. The summed E-state index contributed by atoms with van der Waals surface area (Å²) in [5.41, 5.74) is -0.265. The minimum Gasteiger partial charge on any atom is -0.462 e. The average molecular weight is 421 g/mol. The minimum atomic E-state index is -0.927. The van der Waals surface area contributed by atoms with Gasteiger partial charge in [0.2, 0.25) is 5.91 Å². The summed E-state index contributed by atoms with van der Waals surface area (Å²) in [7, 11) is 0. The van der Waals surface area contributed by atoms with E-state index >= 15 is 0 Å². The minimum absolute atomic E-state index is 0.198. The van der Waals surface area contributed by atoms with Crippen LogP contribution in [-0.4, -0.2) is 28.0 Å². The Balaban J connectivity index is 1.95. The third kappa shape index (κ3) is 4.02. The highest BCUT2D eigenvalue weighted by molar-refractivity contribution is 7.20. The first-order valence-corrected chi connectivity index (χ1v) is 9.47. The summed E-state index contributed by atoms with van der Waals surface area (Å²) >= 11 is 1.05. The number of benzene rings is 1. The van der Waals surface area contributed by atoms with Gasteiger partial charge in [-0.05, 0) is 38.5 Å². The first kappa shape index (κ1) is 20.6. The number of halogens is 2. The summed E-state index contributed by atoms with van der Waals surface area (Å²) in [5, 5.41) is 2.53. The highest BCUT2D eigenvalue weighted by Crippen LogP contribution is 2.28. The standard InChI is InChI=1S/C19H17F2N3O4S/c1-4-28-19(27)16-9(2)15-17(29-16)22-10(3)24(18(15)26)8-14(25)23-13-6-5-11(20)7-12(13)21/h5-7H,4,8H2,1-3H3,(H,23,25). The number of fused-ring (bicyclic) bond motifs is 1. The van der Waals surface area contributed by atoms with Crippen molar-refractivity contribution in [3.8, 4) is 0 Å². The molecule has 0 spiro atoms. The Morgan fingerprint density at radius 1 is 1.28 bits per heavy atom. The van der Waals surface area contributed by atoms with Crippen LogP contribution in [0, 0.1) is 25.5 Å². The first-order valence-electron chi connectivity index (χ1n) is 8.65. The van der Waals surface area contributed by atoms with E-state index < -0.39 is 35.6 Å². The Hall–Kier alpha value is -3.14. The maximum absolute atomic E-state index is 13.7. The topological polar surface area (TPSA) is 90.3 Å². The molecule has 0 bridgehead atoms. The number of rotatable bonds is 5. The smallest absolute Gasteiger partial charge is 0.348 e. The number of hydrogen-bond donors (Lipinski definition) is 1. The number of amides is 1. The van der Waals surface area contributed by atoms with Crippen LogP contribution in [0.1, 0.15) is 28.0 Å². The van der Waals surface area contributed by atoms with Crippen molar-refractivity contribution in [2.75, 3.05) is 11.9 Å². The van der Waals surface area contributed by atoms with Crippen molar-refractivity contribution in [3.63, 3.8) is 0 Å². The van der Waals surface area contributed by atoms with Crippen molar-refractivity contribution in [3.05, 3.63) is 56.5 Å². The summed E-state index contributed by atoms with van der Waals surface area (Å²) in [5.74, 6) is -2.66. The number of aromatic nitrogens is 2. The molecule has 3 rings (SSSR count). The Morgan fingerprint density at radius 2 is 2.00 bits per heavy atom. The van der Waals surface area contributed by atoms with Gasteiger partial charge in [0, 0.05) is 6.07 Å². The zero-order valence-corrected chi connectivity index (χ0v) is 16.7. The quantitative estimate of drug-likeness (QED) is 0.639. The first-order chi connectivity index (χ1) is 13.7. The fraction of sp³-hybridized carbons (Fsp3) is 0.263. The molecule has 1 N–H and O–H groups in total. The van der Waals surface area contributed by atoms with Gasteiger partial charge in [-0.15, -0.1) is 11.3 Å². The van der Waals surface area contributed by atoms with Gasteiger partial charge in [-0.2, -0.15) is 0 Å². The van der Waals surface area contributed by atoms with Crippen LogP contribution in [0.4, 0.5) is 14.5 Å². The number of thiophene rings is 1. The van der Waals surface area contributed by atoms with E-state index in [4.69, 9.17) is 4.74 Å². The number of nitrogens with zero attached hydrogens (tertiary/aromatic N) is 2. The molecule has 152 valence electrons. The molecule has 0 aliphatic rings. The third-order valence-corrected chi connectivity index (χ3v) is 5.37. The molecule has 0 saturated heterocycles. The maximum atomic E-state index is 13.7. The molecule has 0 saturated carbocycles. The second-order valence-corrected chi connectivity index (χ2v) is 7.18. The van der Waals surface area contributed by atoms with Crippen LogP contribution in [0.15, 0.2) is 23.0 Å². The SMILES string of the molecule is CCOC(=O)c1sc2nc(C)n(CC(=O)Nc3ccc(F)cc3F)c(=O)c2c1C. The fourth-order valence-corrected chi connectivity index (χ4v) is 3.93. The predicted molar refractivity (Wildman–Crippen MR) is 104 cm³/mol. The van der Waals surface area contributed by atoms with Gasteiger partial charge in [-0.25, -0.2) is 18.6 Å². The van der Waals surface area contributed by atoms with Crippen molar-refractivity contribution in [1.82, 2.24) is 9.55 Å². The van der Waals surface area contributed by atoms with Crippen molar-refractivity contribution >= 4 is 39.1 Å². The largest absolute Gasteiger partial charge is 0.462 e. The van der Waals surface area contributed by atoms with Crippen molar-refractivity contribution in [1.29, 1.82) is 0 Å². The van der Waals surface area contributed by atoms with E-state index in [-0.39, 0.29) is 28.4 Å². The number of hydrogen-bond acceptors (Lipinski definition) is 6. The van der Waals surface area contributed by atoms with Gasteiger partial charge in [0.05, 0.1) is 17.7 Å². The van der Waals surface area contributed by atoms with Gasteiger partial charge in [0.1, 0.15) is 33.7 Å². The lowest BCUT2D eigenvalue weighted by molar-refractivity contribution is -0.116. The molecule has 0 aliphatic carbocycles. The van der Waals surface area contributed by atoms with Gasteiger partial charge >= 0.3 is 5.97 Å². The Kier molecular flexibility index (Phi) is 5.73. The van der Waals surface area contributed by atoms with Crippen LogP contribution in [0.2, 0.25) is 0 Å². The van der Waals surface area contributed by atoms with E-state index in [0.29, 0.717) is 16.5 Å². The molecule has 0 fully saturated rings. The number of anilines is 1. The number of carbonyl (C=O) groups is 2. The monoisotopic (exact) mass is 421 g/mol. The van der Waals surface area contributed by atoms with E-state index in [0.717, 1.165) is 28.0 Å². The lowest BCUT2D eigenvalue weighted by Gasteiger charge is -2.11. The molecule has 7 nitrogen and oxygen atoms in total. The van der Waals surface area contributed by atoms with Gasteiger partial charge < -0.3 is 10.1 Å². The molecule has 2 heterocycles. The molecule has 0 unspecified atom stereocenters. The number of ether oxygens (including phenoxy) is 1. The van der Waals surface area contributed by atoms with Crippen LogP contribution < -0.4 is 10.9 Å². The van der Waals surface area contributed by atoms with Crippen LogP contribution >= 0.6 is 11.3 Å². The lowest BCUT2D eigenvalue weighted by atomic mass is 10.2. The second kappa shape index (κ2) is 8.08. The Labute approximate surface area is 167 Å². The van der Waals surface area contributed by atoms with Crippen LogP contribution in [0.25, 0.3) is 10.2 Å². The van der Waals surface area contributed by atoms with Crippen LogP contribution in [0.3, 0.4) is 0 Å². The van der Waals surface area contributed by atoms with Gasteiger partial charge in [0.25, 0.3) is 5.56 Å². The van der Waals surface area contributed by atoms with E-state index in [2.05, 4.69) is 10.3 Å². The normalized spacial score (nSPS) is 10.9. The molecule has 2 aromatic heterocycles. The molecular formula is C19H17F2N3O4S. The molecule has 10 heteroatoms. The van der Waals surface area contributed by atoms with E-state index in [1.165, 1.54) is 0 Å². The molecule has 1 amide bonds. The summed E-state index contributed by atoms with van der Waals surface area (Å²) in [4.78, 5) is 42.3. The van der Waals surface area contributed by atoms with E-state index in [1.54, 1.807) is 20.8 Å². The Morgan fingerprint density at radius 3 is 2.66 bits per heavy atom. The van der Waals surface area contributed by atoms with Crippen molar-refractivity contribution < 1.29 is 23.1 Å². The number of aryl methyl sites for hydroxylation is 2. The number of esters is 1. The Bertz CT molecular complexity index is 1190. The summed E-state index contributed by atoms with van der Waals surface area (Å²) in [6.45, 7) is 4.61. The van der Waals surface area contributed by atoms with Gasteiger partial charge in [-0.3, -0.25) is 14.2 Å². The fourth-order valence-electron chi connectivity index (χ4n) is 2.82. The highest BCUT2D eigenvalue weighted by Gasteiger charge is 2.22. The zero-order valence-electron chi connectivity index (χ0n) is 15.8. The molecule has 0 radical (unpaired) electrons. The van der Waals surface area contributed by atoms with E-state index in [1.807, 2.05) is 0 Å². The van der Waals surface area contributed by atoms with E-state index in [9.17, 15) is 23.2 Å². The molecule has 29 heavy (non-hydrogen) atoms. The molecule has 0 atom stereocenters. The van der Waals surface area contributed by atoms with Crippen molar-refractivity contribution in [2.45, 2.75) is 27.3 Å². The molecule has 3 aromatic rings. The zero-order chi connectivity index (χ0) is 21.3.